The highest BCUT2D eigenvalue weighted by molar-refractivity contribution is 8.13. The summed E-state index contributed by atoms with van der Waals surface area (Å²) in [5, 5.41) is -0.300. The number of hydrogen-bond donors (Lipinski definition) is 0. The Morgan fingerprint density at radius 3 is 2.35 bits per heavy atom. The molecular weight excluding hydrogens is 342 g/mol. The molecule has 0 aliphatic rings. The van der Waals surface area contributed by atoms with Gasteiger partial charge in [0.1, 0.15) is 6.54 Å². The SMILES string of the molecule is CN(CC(F)(F)F)C(=O)c1c(Cl)cccc1S(=O)(=O)Cl. The van der Waals surface area contributed by atoms with Crippen LogP contribution in [-0.2, 0) is 9.05 Å². The molecule has 0 N–H and O–H groups in total. The van der Waals surface area contributed by atoms with E-state index in [0.29, 0.717) is 4.90 Å². The Kier molecular flexibility index (Phi) is 4.94. The summed E-state index contributed by atoms with van der Waals surface area (Å²) in [6.07, 6.45) is -4.62. The number of alkyl halides is 3. The van der Waals surface area contributed by atoms with Crippen LogP contribution in [0.15, 0.2) is 23.1 Å². The molecule has 0 aliphatic heterocycles. The van der Waals surface area contributed by atoms with E-state index in [-0.39, 0.29) is 5.02 Å². The molecule has 1 aromatic carbocycles. The number of benzene rings is 1. The van der Waals surface area contributed by atoms with Gasteiger partial charge in [0, 0.05) is 17.7 Å². The molecule has 4 nitrogen and oxygen atoms in total. The van der Waals surface area contributed by atoms with Crippen molar-refractivity contribution >= 4 is 37.2 Å². The van der Waals surface area contributed by atoms with Crippen molar-refractivity contribution in [3.8, 4) is 0 Å². The Bertz CT molecular complexity index is 631. The van der Waals surface area contributed by atoms with Crippen LogP contribution in [0.5, 0.6) is 0 Å². The predicted octanol–water partition coefficient (Wildman–Crippen LogP) is 2.90. The van der Waals surface area contributed by atoms with Crippen molar-refractivity contribution in [1.29, 1.82) is 0 Å². The van der Waals surface area contributed by atoms with Gasteiger partial charge >= 0.3 is 6.18 Å². The first kappa shape index (κ1) is 17.1. The number of amides is 1. The van der Waals surface area contributed by atoms with Gasteiger partial charge in [-0.15, -0.1) is 0 Å². The molecule has 0 bridgehead atoms. The number of carbonyl (C=O) groups excluding carboxylic acids is 1. The predicted molar refractivity (Wildman–Crippen MR) is 67.5 cm³/mol. The standard InChI is InChI=1S/C10H8Cl2F3NO3S/c1-16(5-10(13,14)15)9(17)8-6(11)3-2-4-7(8)20(12,18)19/h2-4H,5H2,1H3. The summed E-state index contributed by atoms with van der Waals surface area (Å²) in [4.78, 5) is 11.6. The number of carbonyl (C=O) groups is 1. The first-order valence-corrected chi connectivity index (χ1v) is 7.67. The van der Waals surface area contributed by atoms with Crippen LogP contribution in [0.3, 0.4) is 0 Å². The number of nitrogens with zero attached hydrogens (tertiary/aromatic N) is 1. The quantitative estimate of drug-likeness (QED) is 0.788. The molecule has 0 saturated carbocycles. The second-order valence-electron chi connectivity index (χ2n) is 3.83. The molecule has 0 aromatic heterocycles. The monoisotopic (exact) mass is 349 g/mol. The Labute approximate surface area is 122 Å². The van der Waals surface area contributed by atoms with E-state index < -0.39 is 38.1 Å². The van der Waals surface area contributed by atoms with Crippen LogP contribution in [0.25, 0.3) is 0 Å². The zero-order valence-electron chi connectivity index (χ0n) is 9.91. The summed E-state index contributed by atoms with van der Waals surface area (Å²) >= 11 is 5.69. The van der Waals surface area contributed by atoms with Crippen molar-refractivity contribution in [2.75, 3.05) is 13.6 Å². The molecule has 0 aliphatic carbocycles. The normalized spacial score (nSPS) is 12.3. The molecule has 10 heteroatoms. The Hall–Kier alpha value is -0.990. The first-order valence-electron chi connectivity index (χ1n) is 4.99. The smallest absolute Gasteiger partial charge is 0.333 e. The molecule has 112 valence electrons. The van der Waals surface area contributed by atoms with E-state index in [4.69, 9.17) is 22.3 Å². The molecule has 0 atom stereocenters. The second kappa shape index (κ2) is 5.79. The summed E-state index contributed by atoms with van der Waals surface area (Å²) < 4.78 is 59.4. The lowest BCUT2D eigenvalue weighted by Crippen LogP contribution is -2.36. The fourth-order valence-corrected chi connectivity index (χ4v) is 2.83. The summed E-state index contributed by atoms with van der Waals surface area (Å²) in [6, 6.07) is 3.39. The molecule has 0 heterocycles. The Balaban J connectivity index is 3.30. The summed E-state index contributed by atoms with van der Waals surface area (Å²) in [5.74, 6) is -1.19. The minimum atomic E-state index is -4.62. The fraction of sp³-hybridized carbons (Fsp3) is 0.300. The maximum absolute atomic E-state index is 12.2. The second-order valence-corrected chi connectivity index (χ2v) is 6.77. The van der Waals surface area contributed by atoms with Crippen LogP contribution in [0.1, 0.15) is 10.4 Å². The van der Waals surface area contributed by atoms with Crippen molar-refractivity contribution < 1.29 is 26.4 Å². The van der Waals surface area contributed by atoms with E-state index in [1.807, 2.05) is 0 Å². The number of halogens is 5. The van der Waals surface area contributed by atoms with Crippen LogP contribution in [0.4, 0.5) is 13.2 Å². The summed E-state index contributed by atoms with van der Waals surface area (Å²) in [7, 11) is 1.70. The molecular formula is C10H8Cl2F3NO3S. The van der Waals surface area contributed by atoms with Gasteiger partial charge in [0.15, 0.2) is 0 Å². The van der Waals surface area contributed by atoms with E-state index in [1.54, 1.807) is 0 Å². The third kappa shape index (κ3) is 4.26. The van der Waals surface area contributed by atoms with Crippen molar-refractivity contribution in [2.24, 2.45) is 0 Å². The van der Waals surface area contributed by atoms with Crippen molar-refractivity contribution in [3.05, 3.63) is 28.8 Å². The number of hydrogen-bond acceptors (Lipinski definition) is 3. The van der Waals surface area contributed by atoms with Gasteiger partial charge in [-0.3, -0.25) is 4.79 Å². The van der Waals surface area contributed by atoms with E-state index in [2.05, 4.69) is 0 Å². The topological polar surface area (TPSA) is 54.5 Å². The van der Waals surface area contributed by atoms with Gasteiger partial charge in [-0.2, -0.15) is 13.2 Å². The zero-order valence-corrected chi connectivity index (χ0v) is 12.2. The molecule has 0 saturated heterocycles. The molecule has 0 fully saturated rings. The molecule has 1 amide bonds. The average molecular weight is 350 g/mol. The maximum Gasteiger partial charge on any atom is 0.406 e. The van der Waals surface area contributed by atoms with Crippen LogP contribution in [-0.4, -0.2) is 39.0 Å². The highest BCUT2D eigenvalue weighted by Crippen LogP contribution is 2.28. The van der Waals surface area contributed by atoms with E-state index in [1.165, 1.54) is 12.1 Å². The van der Waals surface area contributed by atoms with Crippen LogP contribution < -0.4 is 0 Å². The first-order chi connectivity index (χ1) is 8.93. The third-order valence-electron chi connectivity index (χ3n) is 2.22. The van der Waals surface area contributed by atoms with Gasteiger partial charge in [0.05, 0.1) is 15.5 Å². The van der Waals surface area contributed by atoms with Crippen LogP contribution >= 0.6 is 22.3 Å². The minimum Gasteiger partial charge on any atom is -0.333 e. The largest absolute Gasteiger partial charge is 0.406 e. The van der Waals surface area contributed by atoms with Gasteiger partial charge < -0.3 is 4.90 Å². The van der Waals surface area contributed by atoms with E-state index in [0.717, 1.165) is 13.1 Å². The molecule has 0 unspecified atom stereocenters. The Morgan fingerprint density at radius 2 is 1.90 bits per heavy atom. The molecule has 1 aromatic rings. The summed E-state index contributed by atoms with van der Waals surface area (Å²) in [6.45, 7) is -1.54. The van der Waals surface area contributed by atoms with Gasteiger partial charge in [0.25, 0.3) is 15.0 Å². The van der Waals surface area contributed by atoms with E-state index >= 15 is 0 Å². The molecule has 1 rings (SSSR count). The zero-order chi connectivity index (χ0) is 15.7. The van der Waals surface area contributed by atoms with Crippen molar-refractivity contribution in [1.82, 2.24) is 4.90 Å². The number of rotatable bonds is 3. The van der Waals surface area contributed by atoms with Crippen LogP contribution in [0, 0.1) is 0 Å². The minimum absolute atomic E-state index is 0.300. The average Bonchev–Trinajstić information content (AvgIpc) is 2.24. The van der Waals surface area contributed by atoms with Gasteiger partial charge in [-0.05, 0) is 12.1 Å². The highest BCUT2D eigenvalue weighted by atomic mass is 35.7. The molecule has 0 spiro atoms. The fourth-order valence-electron chi connectivity index (χ4n) is 1.45. The lowest BCUT2D eigenvalue weighted by molar-refractivity contribution is -0.138. The van der Waals surface area contributed by atoms with Gasteiger partial charge in [-0.25, -0.2) is 8.42 Å². The Morgan fingerprint density at radius 1 is 1.35 bits per heavy atom. The van der Waals surface area contributed by atoms with Crippen molar-refractivity contribution in [2.45, 2.75) is 11.1 Å². The van der Waals surface area contributed by atoms with E-state index in [9.17, 15) is 26.4 Å². The third-order valence-corrected chi connectivity index (χ3v) is 3.89. The van der Waals surface area contributed by atoms with Crippen molar-refractivity contribution in [3.63, 3.8) is 0 Å². The van der Waals surface area contributed by atoms with Gasteiger partial charge in [-0.1, -0.05) is 17.7 Å². The maximum atomic E-state index is 12.2. The highest BCUT2D eigenvalue weighted by Gasteiger charge is 2.33. The lowest BCUT2D eigenvalue weighted by Gasteiger charge is -2.20. The van der Waals surface area contributed by atoms with Crippen LogP contribution in [0.2, 0.25) is 5.02 Å². The summed E-state index contributed by atoms with van der Waals surface area (Å²) in [5.41, 5.74) is -0.587. The lowest BCUT2D eigenvalue weighted by atomic mass is 10.2. The molecule has 20 heavy (non-hydrogen) atoms. The molecule has 0 radical (unpaired) electrons. The van der Waals surface area contributed by atoms with Gasteiger partial charge in [0.2, 0.25) is 0 Å².